The first-order chi connectivity index (χ1) is 13.6. The maximum absolute atomic E-state index is 12.7. The summed E-state index contributed by atoms with van der Waals surface area (Å²) < 4.78 is 0. The Labute approximate surface area is 166 Å². The number of likely N-dealkylation sites (tertiary alicyclic amines) is 1. The number of nitrogens with zero attached hydrogens (tertiary/aromatic N) is 3. The van der Waals surface area contributed by atoms with E-state index in [1.807, 2.05) is 37.3 Å². The standard InChI is InChI=1S/C20H30N4O4/c1-3-23-18(19(25)21-28-17-9-12-22(2)13-10-17)11-14-24(20(23)26)27-15-16-7-5-4-6-8-16/h4-8,17-18H,3,9-15H2,1-2H3,(H,21,25)/t18-/m0/s1. The molecule has 0 aliphatic carbocycles. The van der Waals surface area contributed by atoms with Gasteiger partial charge in [0.1, 0.15) is 12.6 Å². The van der Waals surface area contributed by atoms with Gasteiger partial charge in [-0.1, -0.05) is 30.3 Å². The lowest BCUT2D eigenvalue weighted by Gasteiger charge is -2.39. The van der Waals surface area contributed by atoms with Crippen LogP contribution in [0.1, 0.15) is 31.7 Å². The molecule has 3 rings (SSSR count). The van der Waals surface area contributed by atoms with Crippen molar-refractivity contribution in [3.05, 3.63) is 35.9 Å². The predicted molar refractivity (Wildman–Crippen MR) is 104 cm³/mol. The molecule has 2 aliphatic heterocycles. The van der Waals surface area contributed by atoms with Crippen molar-refractivity contribution in [2.75, 3.05) is 33.2 Å². The van der Waals surface area contributed by atoms with Crippen molar-refractivity contribution in [2.24, 2.45) is 0 Å². The molecule has 1 aromatic carbocycles. The summed E-state index contributed by atoms with van der Waals surface area (Å²) in [5, 5.41) is 1.35. The average Bonchev–Trinajstić information content (AvgIpc) is 2.72. The lowest BCUT2D eigenvalue weighted by Crippen LogP contribution is -2.59. The molecular weight excluding hydrogens is 360 g/mol. The third-order valence-electron chi connectivity index (χ3n) is 5.31. The highest BCUT2D eigenvalue weighted by atomic mass is 16.7. The molecule has 3 amide bonds. The van der Waals surface area contributed by atoms with Crippen molar-refractivity contribution in [2.45, 2.75) is 44.9 Å². The molecule has 1 N–H and O–H groups in total. The molecule has 28 heavy (non-hydrogen) atoms. The number of carbonyl (C=O) groups is 2. The highest BCUT2D eigenvalue weighted by Crippen LogP contribution is 2.18. The van der Waals surface area contributed by atoms with Gasteiger partial charge in [0.25, 0.3) is 5.91 Å². The van der Waals surface area contributed by atoms with Crippen LogP contribution in [0.4, 0.5) is 4.79 Å². The highest BCUT2D eigenvalue weighted by molar-refractivity contribution is 5.87. The second-order valence-corrected chi connectivity index (χ2v) is 7.32. The van der Waals surface area contributed by atoms with E-state index in [4.69, 9.17) is 9.68 Å². The van der Waals surface area contributed by atoms with Crippen molar-refractivity contribution >= 4 is 11.9 Å². The van der Waals surface area contributed by atoms with E-state index >= 15 is 0 Å². The first-order valence-electron chi connectivity index (χ1n) is 9.97. The highest BCUT2D eigenvalue weighted by Gasteiger charge is 2.37. The molecule has 154 valence electrons. The number of carbonyl (C=O) groups excluding carboxylic acids is 2. The molecule has 0 aromatic heterocycles. The molecule has 8 nitrogen and oxygen atoms in total. The monoisotopic (exact) mass is 390 g/mol. The SMILES string of the molecule is CCN1C(=O)N(OCc2ccccc2)CC[C@H]1C(=O)NOC1CCN(C)CC1. The van der Waals surface area contributed by atoms with Gasteiger partial charge >= 0.3 is 6.03 Å². The number of hydrogen-bond acceptors (Lipinski definition) is 5. The van der Waals surface area contributed by atoms with Gasteiger partial charge in [0.2, 0.25) is 0 Å². The maximum atomic E-state index is 12.7. The third-order valence-corrected chi connectivity index (χ3v) is 5.31. The second-order valence-electron chi connectivity index (χ2n) is 7.32. The van der Waals surface area contributed by atoms with E-state index in [0.29, 0.717) is 26.1 Å². The zero-order chi connectivity index (χ0) is 19.9. The third kappa shape index (κ3) is 5.21. The lowest BCUT2D eigenvalue weighted by atomic mass is 10.1. The first kappa shape index (κ1) is 20.6. The summed E-state index contributed by atoms with van der Waals surface area (Å²) in [6.45, 7) is 4.89. The Kier molecular flexibility index (Phi) is 7.24. The molecule has 1 aromatic rings. The number of rotatable bonds is 7. The topological polar surface area (TPSA) is 74.3 Å². The Morgan fingerprint density at radius 2 is 1.86 bits per heavy atom. The molecule has 1 atom stereocenters. The zero-order valence-corrected chi connectivity index (χ0v) is 16.7. The molecule has 8 heteroatoms. The number of likely N-dealkylation sites (N-methyl/N-ethyl adjacent to an activating group) is 1. The number of benzene rings is 1. The van der Waals surface area contributed by atoms with Crippen LogP contribution >= 0.6 is 0 Å². The summed E-state index contributed by atoms with van der Waals surface area (Å²) in [7, 11) is 2.08. The molecule has 0 bridgehead atoms. The number of hydroxylamine groups is 3. The minimum absolute atomic E-state index is 0.0280. The van der Waals surface area contributed by atoms with Crippen molar-refractivity contribution in [3.8, 4) is 0 Å². The summed E-state index contributed by atoms with van der Waals surface area (Å²) >= 11 is 0. The number of hydrogen-bond donors (Lipinski definition) is 1. The van der Waals surface area contributed by atoms with E-state index in [0.717, 1.165) is 31.5 Å². The van der Waals surface area contributed by atoms with Crippen LogP contribution < -0.4 is 5.48 Å². The molecule has 0 saturated carbocycles. The fraction of sp³-hybridized carbons (Fsp3) is 0.600. The fourth-order valence-electron chi connectivity index (χ4n) is 3.55. The van der Waals surface area contributed by atoms with Crippen LogP contribution in [0.25, 0.3) is 0 Å². The van der Waals surface area contributed by atoms with Gasteiger partial charge in [0.05, 0.1) is 12.6 Å². The number of piperidine rings is 1. The van der Waals surface area contributed by atoms with Gasteiger partial charge in [-0.25, -0.2) is 15.3 Å². The Morgan fingerprint density at radius 1 is 1.14 bits per heavy atom. The largest absolute Gasteiger partial charge is 0.344 e. The number of urea groups is 1. The maximum Gasteiger partial charge on any atom is 0.344 e. The quantitative estimate of drug-likeness (QED) is 0.719. The summed E-state index contributed by atoms with van der Waals surface area (Å²) in [4.78, 5) is 40.4. The molecular formula is C20H30N4O4. The summed E-state index contributed by atoms with van der Waals surface area (Å²) in [6.07, 6.45) is 2.30. The average molecular weight is 390 g/mol. The van der Waals surface area contributed by atoms with Gasteiger partial charge < -0.3 is 9.80 Å². The van der Waals surface area contributed by atoms with Crippen LogP contribution in [0.5, 0.6) is 0 Å². The minimum atomic E-state index is -0.541. The second kappa shape index (κ2) is 9.86. The van der Waals surface area contributed by atoms with E-state index in [-0.39, 0.29) is 18.0 Å². The molecule has 0 radical (unpaired) electrons. The zero-order valence-electron chi connectivity index (χ0n) is 16.7. The molecule has 2 heterocycles. The van der Waals surface area contributed by atoms with E-state index in [1.165, 1.54) is 9.96 Å². The smallest absolute Gasteiger partial charge is 0.311 e. The van der Waals surface area contributed by atoms with Gasteiger partial charge in [0.15, 0.2) is 0 Å². The number of amides is 3. The Morgan fingerprint density at radius 3 is 2.54 bits per heavy atom. The minimum Gasteiger partial charge on any atom is -0.311 e. The molecule has 2 fully saturated rings. The predicted octanol–water partition coefficient (Wildman–Crippen LogP) is 1.78. The van der Waals surface area contributed by atoms with Crippen molar-refractivity contribution in [1.82, 2.24) is 20.3 Å². The van der Waals surface area contributed by atoms with Crippen LogP contribution in [0.3, 0.4) is 0 Å². The van der Waals surface area contributed by atoms with Gasteiger partial charge in [-0.2, -0.15) is 0 Å². The van der Waals surface area contributed by atoms with Gasteiger partial charge in [-0.15, -0.1) is 0 Å². The Hall–Kier alpha value is -2.16. The van der Waals surface area contributed by atoms with Crippen LogP contribution in [0.2, 0.25) is 0 Å². The van der Waals surface area contributed by atoms with Crippen molar-refractivity contribution in [3.63, 3.8) is 0 Å². The van der Waals surface area contributed by atoms with E-state index in [9.17, 15) is 9.59 Å². The fourth-order valence-corrected chi connectivity index (χ4v) is 3.55. The molecule has 2 aliphatic rings. The Bertz CT molecular complexity index is 649. The number of nitrogens with one attached hydrogen (secondary N) is 1. The van der Waals surface area contributed by atoms with Crippen molar-refractivity contribution in [1.29, 1.82) is 0 Å². The van der Waals surface area contributed by atoms with Crippen molar-refractivity contribution < 1.29 is 19.3 Å². The van der Waals surface area contributed by atoms with Crippen LogP contribution in [0.15, 0.2) is 30.3 Å². The Balaban J connectivity index is 1.49. The molecule has 0 spiro atoms. The summed E-state index contributed by atoms with van der Waals surface area (Å²) in [5.74, 6) is -0.267. The summed E-state index contributed by atoms with van der Waals surface area (Å²) in [6, 6.07) is 8.86. The van der Waals surface area contributed by atoms with Crippen LogP contribution in [-0.4, -0.2) is 72.2 Å². The van der Waals surface area contributed by atoms with Crippen LogP contribution in [-0.2, 0) is 21.1 Å². The van der Waals surface area contributed by atoms with E-state index in [1.54, 1.807) is 0 Å². The van der Waals surface area contributed by atoms with Gasteiger partial charge in [-0.3, -0.25) is 14.5 Å². The molecule has 2 saturated heterocycles. The first-order valence-corrected chi connectivity index (χ1v) is 9.97. The van der Waals surface area contributed by atoms with E-state index in [2.05, 4.69) is 17.4 Å². The van der Waals surface area contributed by atoms with Crippen LogP contribution in [0, 0.1) is 0 Å². The van der Waals surface area contributed by atoms with Gasteiger partial charge in [-0.05, 0) is 38.8 Å². The lowest BCUT2D eigenvalue weighted by molar-refractivity contribution is -0.164. The molecule has 0 unspecified atom stereocenters. The van der Waals surface area contributed by atoms with E-state index < -0.39 is 6.04 Å². The summed E-state index contributed by atoms with van der Waals surface area (Å²) in [5.41, 5.74) is 3.57. The van der Waals surface area contributed by atoms with Gasteiger partial charge in [0, 0.05) is 19.6 Å². The normalized spacial score (nSPS) is 21.8.